The predicted octanol–water partition coefficient (Wildman–Crippen LogP) is 7.22. The first-order valence-corrected chi connectivity index (χ1v) is 10.6. The number of carbonyl (C=O) groups is 2. The van der Waals surface area contributed by atoms with Gasteiger partial charge in [0.25, 0.3) is 0 Å². The molecule has 4 heteroatoms. The number of benzene rings is 2. The molecule has 0 unspecified atom stereocenters. The molecule has 0 aliphatic carbocycles. The van der Waals surface area contributed by atoms with E-state index in [0.29, 0.717) is 0 Å². The van der Waals surface area contributed by atoms with E-state index in [0.717, 1.165) is 22.3 Å². The number of hydrogen-bond acceptors (Lipinski definition) is 4. The average molecular weight is 403 g/mol. The Morgan fingerprint density at radius 2 is 0.821 bits per heavy atom. The van der Waals surface area contributed by atoms with Crippen LogP contribution in [0.3, 0.4) is 0 Å². The highest BCUT2D eigenvalue weighted by Crippen LogP contribution is 2.40. The van der Waals surface area contributed by atoms with Gasteiger partial charge in [-0.25, -0.2) is 0 Å². The minimum Gasteiger partial charge on any atom is -0.295 e. The van der Waals surface area contributed by atoms with Gasteiger partial charge >= 0.3 is 0 Å². The summed E-state index contributed by atoms with van der Waals surface area (Å²) in [6.07, 6.45) is 0. The molecule has 0 N–H and O–H groups in total. The summed E-state index contributed by atoms with van der Waals surface area (Å²) in [5, 5.41) is 0. The zero-order valence-corrected chi connectivity index (χ0v) is 17.2. The van der Waals surface area contributed by atoms with Crippen molar-refractivity contribution < 1.29 is 9.59 Å². The zero-order valence-electron chi connectivity index (χ0n) is 15.6. The maximum absolute atomic E-state index is 11.4. The van der Waals surface area contributed by atoms with E-state index in [2.05, 4.69) is 24.3 Å². The predicted molar refractivity (Wildman–Crippen MR) is 119 cm³/mol. The Morgan fingerprint density at radius 1 is 0.500 bits per heavy atom. The van der Waals surface area contributed by atoms with Crippen LogP contribution in [0.5, 0.6) is 0 Å². The van der Waals surface area contributed by atoms with Crippen LogP contribution in [0.25, 0.3) is 30.6 Å². The second-order valence-electron chi connectivity index (χ2n) is 6.59. The fourth-order valence-electron chi connectivity index (χ4n) is 2.99. The van der Waals surface area contributed by atoms with Crippen molar-refractivity contribution >= 4 is 34.2 Å². The molecule has 2 aromatic heterocycles. The van der Waals surface area contributed by atoms with Crippen LogP contribution in [0, 0.1) is 0 Å². The minimum absolute atomic E-state index is 0.0841. The number of Topliss-reactive ketones (excluding diaryl/α,β-unsaturated/α-hetero) is 2. The Bertz CT molecular complexity index is 1050. The van der Waals surface area contributed by atoms with Gasteiger partial charge < -0.3 is 0 Å². The van der Waals surface area contributed by atoms with Crippen LogP contribution in [0.15, 0.2) is 72.8 Å². The van der Waals surface area contributed by atoms with Crippen LogP contribution >= 0.6 is 22.7 Å². The summed E-state index contributed by atoms with van der Waals surface area (Å²) in [7, 11) is 0. The first kappa shape index (κ1) is 18.5. The fraction of sp³-hybridized carbons (Fsp3) is 0.0833. The Kier molecular flexibility index (Phi) is 5.07. The van der Waals surface area contributed by atoms with Crippen LogP contribution in [-0.4, -0.2) is 11.6 Å². The summed E-state index contributed by atoms with van der Waals surface area (Å²) in [6.45, 7) is 3.17. The standard InChI is InChI=1S/C24H18O2S2/c1-15(25)17-3-7-19(8-4-17)21-11-13-23(27-21)24-14-12-22(28-24)20-9-5-18(6-10-20)16(2)26/h3-14H,1-2H3. The molecule has 0 saturated carbocycles. The van der Waals surface area contributed by atoms with Crippen molar-refractivity contribution in [2.45, 2.75) is 13.8 Å². The van der Waals surface area contributed by atoms with Gasteiger partial charge in [-0.3, -0.25) is 9.59 Å². The molecular weight excluding hydrogens is 384 g/mol. The van der Waals surface area contributed by atoms with E-state index in [1.165, 1.54) is 19.5 Å². The monoisotopic (exact) mass is 402 g/mol. The van der Waals surface area contributed by atoms with Crippen LogP contribution in [0.1, 0.15) is 34.6 Å². The lowest BCUT2D eigenvalue weighted by atomic mass is 10.1. The van der Waals surface area contributed by atoms with Crippen LogP contribution in [-0.2, 0) is 0 Å². The van der Waals surface area contributed by atoms with Crippen molar-refractivity contribution in [3.8, 4) is 30.6 Å². The van der Waals surface area contributed by atoms with Gasteiger partial charge in [-0.1, -0.05) is 48.5 Å². The molecule has 2 heterocycles. The molecule has 0 amide bonds. The molecule has 0 fully saturated rings. The lowest BCUT2D eigenvalue weighted by molar-refractivity contribution is 0.100. The third-order valence-electron chi connectivity index (χ3n) is 4.61. The van der Waals surface area contributed by atoms with Gasteiger partial charge in [0.2, 0.25) is 0 Å². The Labute approximate surface area is 172 Å². The van der Waals surface area contributed by atoms with Gasteiger partial charge in [-0.2, -0.15) is 0 Å². The first-order chi connectivity index (χ1) is 13.5. The van der Waals surface area contributed by atoms with Gasteiger partial charge in [0.05, 0.1) is 0 Å². The minimum atomic E-state index is 0.0841. The van der Waals surface area contributed by atoms with E-state index in [1.807, 2.05) is 48.5 Å². The number of rotatable bonds is 5. The summed E-state index contributed by atoms with van der Waals surface area (Å²) in [5.41, 5.74) is 3.72. The summed E-state index contributed by atoms with van der Waals surface area (Å²) in [6, 6.07) is 24.1. The molecule has 0 saturated heterocycles. The number of carbonyl (C=O) groups excluding carboxylic acids is 2. The molecule has 4 aromatic rings. The van der Waals surface area contributed by atoms with Crippen molar-refractivity contribution in [2.75, 3.05) is 0 Å². The van der Waals surface area contributed by atoms with Crippen molar-refractivity contribution in [3.63, 3.8) is 0 Å². The van der Waals surface area contributed by atoms with E-state index < -0.39 is 0 Å². The molecule has 0 atom stereocenters. The van der Waals surface area contributed by atoms with E-state index in [-0.39, 0.29) is 11.6 Å². The fourth-order valence-corrected chi connectivity index (χ4v) is 5.10. The lowest BCUT2D eigenvalue weighted by Crippen LogP contribution is -1.90. The maximum Gasteiger partial charge on any atom is 0.159 e. The normalized spacial score (nSPS) is 10.8. The molecule has 138 valence electrons. The van der Waals surface area contributed by atoms with E-state index in [4.69, 9.17) is 0 Å². The molecule has 0 radical (unpaired) electrons. The molecule has 0 aliphatic rings. The van der Waals surface area contributed by atoms with Crippen molar-refractivity contribution in [2.24, 2.45) is 0 Å². The highest BCUT2D eigenvalue weighted by atomic mass is 32.1. The molecule has 2 aromatic carbocycles. The van der Waals surface area contributed by atoms with Gasteiger partial charge in [0, 0.05) is 30.6 Å². The van der Waals surface area contributed by atoms with Crippen molar-refractivity contribution in [3.05, 3.63) is 83.9 Å². The molecule has 0 bridgehead atoms. The maximum atomic E-state index is 11.4. The van der Waals surface area contributed by atoms with Crippen molar-refractivity contribution in [1.82, 2.24) is 0 Å². The lowest BCUT2D eigenvalue weighted by Gasteiger charge is -2.00. The Balaban J connectivity index is 1.57. The van der Waals surface area contributed by atoms with Gasteiger partial charge in [-0.05, 0) is 49.2 Å². The van der Waals surface area contributed by atoms with Gasteiger partial charge in [0.1, 0.15) is 0 Å². The molecular formula is C24H18O2S2. The first-order valence-electron chi connectivity index (χ1n) is 8.94. The largest absolute Gasteiger partial charge is 0.295 e. The zero-order chi connectivity index (χ0) is 19.7. The van der Waals surface area contributed by atoms with Gasteiger partial charge in [-0.15, -0.1) is 22.7 Å². The Morgan fingerprint density at radius 3 is 1.14 bits per heavy atom. The Hall–Kier alpha value is -2.82. The van der Waals surface area contributed by atoms with E-state index in [9.17, 15) is 9.59 Å². The second-order valence-corrected chi connectivity index (χ2v) is 8.76. The summed E-state index contributed by atoms with van der Waals surface area (Å²) in [5.74, 6) is 0.168. The quantitative estimate of drug-likeness (QED) is 0.330. The molecule has 2 nitrogen and oxygen atoms in total. The van der Waals surface area contributed by atoms with E-state index >= 15 is 0 Å². The summed E-state index contributed by atoms with van der Waals surface area (Å²) < 4.78 is 0. The number of hydrogen-bond donors (Lipinski definition) is 0. The number of ketones is 2. The van der Waals surface area contributed by atoms with Crippen molar-refractivity contribution in [1.29, 1.82) is 0 Å². The summed E-state index contributed by atoms with van der Waals surface area (Å²) in [4.78, 5) is 27.7. The highest BCUT2D eigenvalue weighted by molar-refractivity contribution is 7.25. The average Bonchev–Trinajstić information content (AvgIpc) is 3.38. The highest BCUT2D eigenvalue weighted by Gasteiger charge is 2.10. The molecule has 0 spiro atoms. The SMILES string of the molecule is CC(=O)c1ccc(-c2ccc(-c3ccc(-c4ccc(C(C)=O)cc4)s3)s2)cc1. The third-order valence-corrected chi connectivity index (χ3v) is 7.07. The van der Waals surface area contributed by atoms with Gasteiger partial charge in [0.15, 0.2) is 11.6 Å². The molecule has 28 heavy (non-hydrogen) atoms. The molecule has 0 aliphatic heterocycles. The summed E-state index contributed by atoms with van der Waals surface area (Å²) >= 11 is 3.50. The second kappa shape index (κ2) is 7.66. The van der Waals surface area contributed by atoms with Crippen LogP contribution < -0.4 is 0 Å². The third kappa shape index (κ3) is 3.75. The molecule has 4 rings (SSSR count). The van der Waals surface area contributed by atoms with Crippen LogP contribution in [0.4, 0.5) is 0 Å². The van der Waals surface area contributed by atoms with Crippen LogP contribution in [0.2, 0.25) is 0 Å². The number of thiophene rings is 2. The topological polar surface area (TPSA) is 34.1 Å². The van der Waals surface area contributed by atoms with E-state index in [1.54, 1.807) is 36.5 Å². The smallest absolute Gasteiger partial charge is 0.159 e.